The van der Waals surface area contributed by atoms with Crippen LogP contribution in [-0.4, -0.2) is 16.8 Å². The number of carbonyl (C=O) groups is 1. The van der Waals surface area contributed by atoms with Crippen molar-refractivity contribution in [2.45, 2.75) is 24.7 Å². The van der Waals surface area contributed by atoms with E-state index in [0.717, 1.165) is 11.3 Å². The Balaban J connectivity index is 2.64. The van der Waals surface area contributed by atoms with Gasteiger partial charge in [0.15, 0.2) is 0 Å². The van der Waals surface area contributed by atoms with Crippen molar-refractivity contribution in [2.24, 2.45) is 0 Å². The molecule has 2 nitrogen and oxygen atoms in total. The Morgan fingerprint density at radius 2 is 2.29 bits per heavy atom. The van der Waals surface area contributed by atoms with E-state index in [1.54, 1.807) is 5.38 Å². The van der Waals surface area contributed by atoms with Gasteiger partial charge in [-0.3, -0.25) is 4.79 Å². The van der Waals surface area contributed by atoms with Gasteiger partial charge in [0.25, 0.3) is 5.91 Å². The van der Waals surface area contributed by atoms with Gasteiger partial charge in [0.1, 0.15) is 10.7 Å². The number of nitrogens with one attached hydrogen (secondary N) is 1. The molecule has 1 N–H and O–H groups in total. The van der Waals surface area contributed by atoms with E-state index in [2.05, 4.69) is 21.2 Å². The van der Waals surface area contributed by atoms with Gasteiger partial charge in [0, 0.05) is 10.9 Å². The van der Waals surface area contributed by atoms with Crippen molar-refractivity contribution < 1.29 is 9.18 Å². The third-order valence-electron chi connectivity index (χ3n) is 1.87. The smallest absolute Gasteiger partial charge is 0.264 e. The largest absolute Gasteiger partial charge is 0.348 e. The minimum atomic E-state index is -0.457. The first kappa shape index (κ1) is 11.7. The van der Waals surface area contributed by atoms with E-state index in [1.807, 2.05) is 13.8 Å². The van der Waals surface area contributed by atoms with E-state index in [-0.39, 0.29) is 21.7 Å². The first-order valence-corrected chi connectivity index (χ1v) is 6.00. The zero-order chi connectivity index (χ0) is 10.7. The Labute approximate surface area is 94.6 Å². The Kier molecular flexibility index (Phi) is 4.07. The van der Waals surface area contributed by atoms with Crippen molar-refractivity contribution in [3.05, 3.63) is 22.1 Å². The van der Waals surface area contributed by atoms with E-state index < -0.39 is 5.82 Å². The fourth-order valence-electron chi connectivity index (χ4n) is 0.843. The van der Waals surface area contributed by atoms with Gasteiger partial charge in [0.05, 0.1) is 0 Å². The number of hydrogen-bond acceptors (Lipinski definition) is 2. The Hall–Kier alpha value is -0.420. The number of rotatable bonds is 3. The highest BCUT2D eigenvalue weighted by molar-refractivity contribution is 9.09. The van der Waals surface area contributed by atoms with Crippen LogP contribution in [0.1, 0.15) is 23.5 Å². The molecule has 1 heterocycles. The van der Waals surface area contributed by atoms with Crippen LogP contribution in [0.3, 0.4) is 0 Å². The summed E-state index contributed by atoms with van der Waals surface area (Å²) in [5, 5.41) is 4.27. The van der Waals surface area contributed by atoms with Crippen LogP contribution < -0.4 is 5.32 Å². The third-order valence-corrected chi connectivity index (χ3v) is 3.55. The van der Waals surface area contributed by atoms with Crippen LogP contribution in [0.4, 0.5) is 4.39 Å². The molecular formula is C9H11BrFNOS. The molecule has 1 amide bonds. The third kappa shape index (κ3) is 2.78. The number of alkyl halides is 1. The topological polar surface area (TPSA) is 29.1 Å². The average molecular weight is 280 g/mol. The summed E-state index contributed by atoms with van der Waals surface area (Å²) < 4.78 is 13.0. The average Bonchev–Trinajstić information content (AvgIpc) is 2.51. The monoisotopic (exact) mass is 279 g/mol. The standard InChI is InChI=1S/C9H11BrFNOS/c1-5(10)6(2)12-9(13)8-7(11)3-4-14-8/h3-6H,1-2H3,(H,12,13). The van der Waals surface area contributed by atoms with Crippen LogP contribution >= 0.6 is 27.3 Å². The van der Waals surface area contributed by atoms with Gasteiger partial charge in [-0.05, 0) is 18.4 Å². The predicted molar refractivity (Wildman–Crippen MR) is 59.6 cm³/mol. The van der Waals surface area contributed by atoms with Crippen molar-refractivity contribution in [3.8, 4) is 0 Å². The Bertz CT molecular complexity index is 326. The number of thiophene rings is 1. The summed E-state index contributed by atoms with van der Waals surface area (Å²) in [4.78, 5) is 11.8. The van der Waals surface area contributed by atoms with Crippen LogP contribution in [0.5, 0.6) is 0 Å². The molecule has 5 heteroatoms. The Morgan fingerprint density at radius 3 is 2.71 bits per heavy atom. The lowest BCUT2D eigenvalue weighted by Gasteiger charge is -2.15. The molecule has 0 bridgehead atoms. The summed E-state index contributed by atoms with van der Waals surface area (Å²) in [6.07, 6.45) is 0. The van der Waals surface area contributed by atoms with E-state index >= 15 is 0 Å². The van der Waals surface area contributed by atoms with Gasteiger partial charge < -0.3 is 5.32 Å². The van der Waals surface area contributed by atoms with E-state index in [9.17, 15) is 9.18 Å². The second kappa shape index (κ2) is 4.89. The van der Waals surface area contributed by atoms with Gasteiger partial charge in [-0.1, -0.05) is 22.9 Å². The lowest BCUT2D eigenvalue weighted by Crippen LogP contribution is -2.37. The minimum Gasteiger partial charge on any atom is -0.348 e. The zero-order valence-electron chi connectivity index (χ0n) is 7.88. The molecule has 0 saturated carbocycles. The summed E-state index contributed by atoms with van der Waals surface area (Å²) in [5.74, 6) is -0.807. The highest BCUT2D eigenvalue weighted by Gasteiger charge is 2.17. The normalized spacial score (nSPS) is 14.9. The van der Waals surface area contributed by atoms with Gasteiger partial charge in [0.2, 0.25) is 0 Å². The van der Waals surface area contributed by atoms with Gasteiger partial charge in [-0.15, -0.1) is 11.3 Å². The highest BCUT2D eigenvalue weighted by atomic mass is 79.9. The van der Waals surface area contributed by atoms with Crippen LogP contribution in [0.25, 0.3) is 0 Å². The molecule has 0 radical (unpaired) electrons. The SMILES string of the molecule is CC(Br)C(C)NC(=O)c1sccc1F. The number of halogens is 2. The van der Waals surface area contributed by atoms with Crippen LogP contribution in [-0.2, 0) is 0 Å². The van der Waals surface area contributed by atoms with Crippen molar-refractivity contribution >= 4 is 33.2 Å². The molecule has 0 aliphatic carbocycles. The summed E-state index contributed by atoms with van der Waals surface area (Å²) in [5.41, 5.74) is 0. The first-order chi connectivity index (χ1) is 6.52. The zero-order valence-corrected chi connectivity index (χ0v) is 10.3. The number of hydrogen-bond donors (Lipinski definition) is 1. The quantitative estimate of drug-likeness (QED) is 0.847. The van der Waals surface area contributed by atoms with E-state index in [1.165, 1.54) is 6.07 Å². The highest BCUT2D eigenvalue weighted by Crippen LogP contribution is 2.15. The molecule has 14 heavy (non-hydrogen) atoms. The maximum atomic E-state index is 13.0. The van der Waals surface area contributed by atoms with Gasteiger partial charge in [-0.2, -0.15) is 0 Å². The fourth-order valence-corrected chi connectivity index (χ4v) is 1.65. The maximum Gasteiger partial charge on any atom is 0.264 e. The lowest BCUT2D eigenvalue weighted by molar-refractivity contribution is 0.0941. The van der Waals surface area contributed by atoms with Gasteiger partial charge in [-0.25, -0.2) is 4.39 Å². The van der Waals surface area contributed by atoms with Crippen molar-refractivity contribution in [1.82, 2.24) is 5.32 Å². The first-order valence-electron chi connectivity index (χ1n) is 4.20. The maximum absolute atomic E-state index is 13.0. The van der Waals surface area contributed by atoms with Crippen LogP contribution in [0.2, 0.25) is 0 Å². The molecule has 0 fully saturated rings. The molecule has 0 aliphatic rings. The number of carbonyl (C=O) groups excluding carboxylic acids is 1. The summed E-state index contributed by atoms with van der Waals surface area (Å²) >= 11 is 4.45. The van der Waals surface area contributed by atoms with Crippen LogP contribution in [0, 0.1) is 5.82 Å². The molecule has 0 aliphatic heterocycles. The Morgan fingerprint density at radius 1 is 1.64 bits per heavy atom. The minimum absolute atomic E-state index is 0.0241. The van der Waals surface area contributed by atoms with E-state index in [0.29, 0.717) is 0 Å². The molecule has 78 valence electrons. The second-order valence-electron chi connectivity index (χ2n) is 3.04. The summed E-state index contributed by atoms with van der Waals surface area (Å²) in [6, 6.07) is 1.27. The molecule has 1 rings (SSSR count). The molecule has 1 aromatic rings. The number of amides is 1. The van der Waals surface area contributed by atoms with Crippen LogP contribution in [0.15, 0.2) is 11.4 Å². The van der Waals surface area contributed by atoms with Crippen molar-refractivity contribution in [2.75, 3.05) is 0 Å². The molecule has 0 aromatic carbocycles. The summed E-state index contributed by atoms with van der Waals surface area (Å²) in [6.45, 7) is 3.79. The summed E-state index contributed by atoms with van der Waals surface area (Å²) in [7, 11) is 0. The molecule has 0 spiro atoms. The van der Waals surface area contributed by atoms with Crippen molar-refractivity contribution in [3.63, 3.8) is 0 Å². The molecular weight excluding hydrogens is 269 g/mol. The molecule has 1 aromatic heterocycles. The molecule has 2 atom stereocenters. The van der Waals surface area contributed by atoms with E-state index in [4.69, 9.17) is 0 Å². The molecule has 0 saturated heterocycles. The molecule has 2 unspecified atom stereocenters. The van der Waals surface area contributed by atoms with Crippen molar-refractivity contribution in [1.29, 1.82) is 0 Å². The fraction of sp³-hybridized carbons (Fsp3) is 0.444. The predicted octanol–water partition coefficient (Wildman–Crippen LogP) is 2.79. The van der Waals surface area contributed by atoms with Gasteiger partial charge >= 0.3 is 0 Å². The second-order valence-corrected chi connectivity index (χ2v) is 5.40. The lowest BCUT2D eigenvalue weighted by atomic mass is 10.2.